The Hall–Kier alpha value is -2.80. The van der Waals surface area contributed by atoms with Crippen molar-refractivity contribution in [2.45, 2.75) is 6.61 Å². The predicted molar refractivity (Wildman–Crippen MR) is 77.5 cm³/mol. The SMILES string of the molecule is O=C(O)c1cc(OCc2ccc([N+](=O)[O-])cc2)cc(Cl)c1O. The van der Waals surface area contributed by atoms with Gasteiger partial charge in [0.25, 0.3) is 5.69 Å². The van der Waals surface area contributed by atoms with Crippen LogP contribution in [0.2, 0.25) is 5.02 Å². The molecule has 0 aliphatic rings. The highest BCUT2D eigenvalue weighted by molar-refractivity contribution is 6.32. The number of phenols is 1. The van der Waals surface area contributed by atoms with E-state index in [1.807, 2.05) is 0 Å². The van der Waals surface area contributed by atoms with E-state index in [1.165, 1.54) is 30.3 Å². The molecule has 0 heterocycles. The summed E-state index contributed by atoms with van der Waals surface area (Å²) in [7, 11) is 0. The highest BCUT2D eigenvalue weighted by Gasteiger charge is 2.15. The minimum absolute atomic E-state index is 0.0374. The van der Waals surface area contributed by atoms with Crippen molar-refractivity contribution in [1.29, 1.82) is 0 Å². The molecule has 2 aromatic carbocycles. The van der Waals surface area contributed by atoms with Crippen LogP contribution in [0.25, 0.3) is 0 Å². The summed E-state index contributed by atoms with van der Waals surface area (Å²) in [5.74, 6) is -1.70. The monoisotopic (exact) mass is 323 g/mol. The molecule has 0 aliphatic carbocycles. The van der Waals surface area contributed by atoms with Crippen LogP contribution in [0.3, 0.4) is 0 Å². The Morgan fingerprint density at radius 3 is 2.45 bits per heavy atom. The standard InChI is InChI=1S/C14H10ClNO6/c15-12-6-10(5-11(13(12)17)14(18)19)22-7-8-1-3-9(4-2-8)16(20)21/h1-6,17H,7H2,(H,18,19). The summed E-state index contributed by atoms with van der Waals surface area (Å²) >= 11 is 5.73. The van der Waals surface area contributed by atoms with Crippen molar-refractivity contribution >= 4 is 23.3 Å². The largest absolute Gasteiger partial charge is 0.505 e. The highest BCUT2D eigenvalue weighted by Crippen LogP contribution is 2.32. The number of benzene rings is 2. The van der Waals surface area contributed by atoms with Crippen LogP contribution >= 0.6 is 11.6 Å². The van der Waals surface area contributed by atoms with Crippen LogP contribution in [0.15, 0.2) is 36.4 Å². The van der Waals surface area contributed by atoms with Gasteiger partial charge in [-0.1, -0.05) is 11.6 Å². The van der Waals surface area contributed by atoms with E-state index < -0.39 is 16.6 Å². The van der Waals surface area contributed by atoms with E-state index in [-0.39, 0.29) is 28.6 Å². The number of ether oxygens (including phenoxy) is 1. The Morgan fingerprint density at radius 2 is 1.91 bits per heavy atom. The van der Waals surface area contributed by atoms with Crippen LogP contribution in [-0.4, -0.2) is 21.1 Å². The van der Waals surface area contributed by atoms with Crippen molar-refractivity contribution in [3.05, 3.63) is 62.7 Å². The lowest BCUT2D eigenvalue weighted by Gasteiger charge is -2.09. The Morgan fingerprint density at radius 1 is 1.27 bits per heavy atom. The van der Waals surface area contributed by atoms with E-state index >= 15 is 0 Å². The van der Waals surface area contributed by atoms with Crippen LogP contribution in [-0.2, 0) is 6.61 Å². The summed E-state index contributed by atoms with van der Waals surface area (Å²) < 4.78 is 5.39. The zero-order valence-corrected chi connectivity index (χ0v) is 11.8. The van der Waals surface area contributed by atoms with E-state index in [0.29, 0.717) is 5.56 Å². The third kappa shape index (κ3) is 3.44. The van der Waals surface area contributed by atoms with Crippen molar-refractivity contribution in [1.82, 2.24) is 0 Å². The molecule has 0 unspecified atom stereocenters. The second-order valence-corrected chi connectivity index (χ2v) is 4.73. The maximum absolute atomic E-state index is 11.0. The topological polar surface area (TPSA) is 110 Å². The van der Waals surface area contributed by atoms with Crippen LogP contribution in [0.5, 0.6) is 11.5 Å². The van der Waals surface area contributed by atoms with Crippen LogP contribution in [0, 0.1) is 10.1 Å². The van der Waals surface area contributed by atoms with Crippen molar-refractivity contribution in [3.8, 4) is 11.5 Å². The van der Waals surface area contributed by atoms with E-state index in [2.05, 4.69) is 0 Å². The number of hydrogen-bond donors (Lipinski definition) is 2. The normalized spacial score (nSPS) is 10.2. The van der Waals surface area contributed by atoms with Crippen LogP contribution < -0.4 is 4.74 Å². The van der Waals surface area contributed by atoms with E-state index in [0.717, 1.165) is 6.07 Å². The summed E-state index contributed by atoms with van der Waals surface area (Å²) in [6.45, 7) is 0.0676. The first-order valence-electron chi connectivity index (χ1n) is 6.00. The van der Waals surface area contributed by atoms with Crippen molar-refractivity contribution in [3.63, 3.8) is 0 Å². The fraction of sp³-hybridized carbons (Fsp3) is 0.0714. The molecule has 2 N–H and O–H groups in total. The Kier molecular flexibility index (Phi) is 4.47. The molecule has 0 atom stereocenters. The molecule has 0 aliphatic heterocycles. The molecule has 0 amide bonds. The molecule has 0 spiro atoms. The second kappa shape index (κ2) is 6.31. The first-order valence-corrected chi connectivity index (χ1v) is 6.38. The van der Waals surface area contributed by atoms with Gasteiger partial charge in [-0.25, -0.2) is 4.79 Å². The lowest BCUT2D eigenvalue weighted by Crippen LogP contribution is -2.00. The van der Waals surface area contributed by atoms with E-state index in [1.54, 1.807) is 0 Å². The molecule has 114 valence electrons. The number of rotatable bonds is 5. The van der Waals surface area contributed by atoms with Crippen molar-refractivity contribution in [2.75, 3.05) is 0 Å². The molecule has 0 bridgehead atoms. The average Bonchev–Trinajstić information content (AvgIpc) is 2.48. The number of non-ortho nitro benzene ring substituents is 1. The van der Waals surface area contributed by atoms with Crippen LogP contribution in [0.1, 0.15) is 15.9 Å². The molecule has 0 fully saturated rings. The lowest BCUT2D eigenvalue weighted by atomic mass is 10.2. The molecule has 2 aromatic rings. The number of nitro groups is 1. The number of halogens is 1. The summed E-state index contributed by atoms with van der Waals surface area (Å²) in [5, 5.41) is 28.9. The van der Waals surface area contributed by atoms with Crippen LogP contribution in [0.4, 0.5) is 5.69 Å². The van der Waals surface area contributed by atoms with Gasteiger partial charge in [0.05, 0.1) is 9.95 Å². The number of aromatic carboxylic acids is 1. The second-order valence-electron chi connectivity index (χ2n) is 4.32. The molecule has 22 heavy (non-hydrogen) atoms. The number of hydrogen-bond acceptors (Lipinski definition) is 5. The third-order valence-electron chi connectivity index (χ3n) is 2.82. The zero-order valence-electron chi connectivity index (χ0n) is 11.0. The Balaban J connectivity index is 2.14. The minimum atomic E-state index is -1.33. The number of nitro benzene ring substituents is 1. The van der Waals surface area contributed by atoms with E-state index in [9.17, 15) is 20.0 Å². The van der Waals surface area contributed by atoms with Gasteiger partial charge < -0.3 is 14.9 Å². The number of carbonyl (C=O) groups is 1. The molecule has 7 nitrogen and oxygen atoms in total. The minimum Gasteiger partial charge on any atom is -0.505 e. The number of nitrogens with zero attached hydrogens (tertiary/aromatic N) is 1. The molecule has 8 heteroatoms. The van der Waals surface area contributed by atoms with Gasteiger partial charge in [-0.05, 0) is 23.8 Å². The number of carboxylic acid groups (broad SMARTS) is 1. The predicted octanol–water partition coefficient (Wildman–Crippen LogP) is 3.23. The summed E-state index contributed by atoms with van der Waals surface area (Å²) in [5.41, 5.74) is 0.252. The number of aromatic hydroxyl groups is 1. The summed E-state index contributed by atoms with van der Waals surface area (Å²) in [4.78, 5) is 21.0. The van der Waals surface area contributed by atoms with Gasteiger partial charge in [0.1, 0.15) is 23.7 Å². The first kappa shape index (κ1) is 15.6. The van der Waals surface area contributed by atoms with Gasteiger partial charge >= 0.3 is 5.97 Å². The average molecular weight is 324 g/mol. The zero-order chi connectivity index (χ0) is 16.3. The molecule has 0 radical (unpaired) electrons. The van der Waals surface area contributed by atoms with E-state index in [4.69, 9.17) is 21.4 Å². The van der Waals surface area contributed by atoms with Gasteiger partial charge in [0, 0.05) is 18.2 Å². The molecule has 0 saturated heterocycles. The summed E-state index contributed by atoms with van der Waals surface area (Å²) in [6, 6.07) is 8.16. The van der Waals surface area contributed by atoms with Crippen molar-refractivity contribution in [2.24, 2.45) is 0 Å². The fourth-order valence-electron chi connectivity index (χ4n) is 1.70. The maximum Gasteiger partial charge on any atom is 0.339 e. The Bertz CT molecular complexity index is 729. The number of carboxylic acids is 1. The van der Waals surface area contributed by atoms with Crippen molar-refractivity contribution < 1.29 is 24.7 Å². The van der Waals surface area contributed by atoms with Gasteiger partial charge in [-0.15, -0.1) is 0 Å². The third-order valence-corrected chi connectivity index (χ3v) is 3.11. The quantitative estimate of drug-likeness (QED) is 0.645. The summed E-state index contributed by atoms with van der Waals surface area (Å²) in [6.07, 6.45) is 0. The van der Waals surface area contributed by atoms with Gasteiger partial charge in [-0.2, -0.15) is 0 Å². The molecule has 2 rings (SSSR count). The van der Waals surface area contributed by atoms with Gasteiger partial charge in [0.15, 0.2) is 0 Å². The highest BCUT2D eigenvalue weighted by atomic mass is 35.5. The smallest absolute Gasteiger partial charge is 0.339 e. The molecular weight excluding hydrogens is 314 g/mol. The molecule has 0 aromatic heterocycles. The van der Waals surface area contributed by atoms with Gasteiger partial charge in [-0.3, -0.25) is 10.1 Å². The maximum atomic E-state index is 11.0. The fourth-order valence-corrected chi connectivity index (χ4v) is 1.91. The van der Waals surface area contributed by atoms with Gasteiger partial charge in [0.2, 0.25) is 0 Å². The molecule has 0 saturated carbocycles. The Labute approximate surface area is 129 Å². The molecular formula is C14H10ClNO6. The lowest BCUT2D eigenvalue weighted by molar-refractivity contribution is -0.384. The first-order chi connectivity index (χ1) is 10.4.